The third-order valence-electron chi connectivity index (χ3n) is 5.82. The van der Waals surface area contributed by atoms with Gasteiger partial charge in [0, 0.05) is 13.1 Å². The van der Waals surface area contributed by atoms with Crippen molar-refractivity contribution in [2.45, 2.75) is 51.4 Å². The fraction of sp³-hybridized carbons (Fsp3) is 1.00. The smallest absolute Gasteiger partial charge is 0.000985 e. The number of fused-ring (bicyclic) bond motifs is 1. The molecule has 130 valence electrons. The highest BCUT2D eigenvalue weighted by atomic mass is 15.1. The molecule has 0 radical (unpaired) electrons. The highest BCUT2D eigenvalue weighted by molar-refractivity contribution is 4.86. The minimum atomic E-state index is 1.08. The van der Waals surface area contributed by atoms with E-state index < -0.39 is 0 Å². The first-order chi connectivity index (χ1) is 10.6. The van der Waals surface area contributed by atoms with E-state index in [2.05, 4.69) is 35.8 Å². The fourth-order valence-electron chi connectivity index (χ4n) is 4.17. The van der Waals surface area contributed by atoms with Crippen molar-refractivity contribution in [2.75, 3.05) is 60.4 Å². The first-order valence-corrected chi connectivity index (χ1v) is 9.71. The van der Waals surface area contributed by atoms with Crippen molar-refractivity contribution in [3.8, 4) is 0 Å². The predicted molar refractivity (Wildman–Crippen MR) is 96.4 cm³/mol. The topological polar surface area (TPSA) is 9.72 Å². The van der Waals surface area contributed by atoms with Gasteiger partial charge in [-0.2, -0.15) is 0 Å². The first-order valence-electron chi connectivity index (χ1n) is 9.71. The van der Waals surface area contributed by atoms with Crippen LogP contribution in [0.2, 0.25) is 0 Å². The van der Waals surface area contributed by atoms with Gasteiger partial charge in [-0.05, 0) is 91.3 Å². The van der Waals surface area contributed by atoms with Gasteiger partial charge in [-0.15, -0.1) is 0 Å². The molecular weight excluding hydrogens is 270 g/mol. The Bertz CT molecular complexity index is 270. The Balaban J connectivity index is 0.000000125. The average Bonchev–Trinajstić information content (AvgIpc) is 2.93. The van der Waals surface area contributed by atoms with Gasteiger partial charge in [-0.25, -0.2) is 0 Å². The van der Waals surface area contributed by atoms with Crippen LogP contribution in [0.25, 0.3) is 0 Å². The van der Waals surface area contributed by atoms with Crippen LogP contribution in [0.5, 0.6) is 0 Å². The minimum absolute atomic E-state index is 1.08. The van der Waals surface area contributed by atoms with Gasteiger partial charge < -0.3 is 14.7 Å². The molecule has 3 saturated heterocycles. The third-order valence-corrected chi connectivity index (χ3v) is 5.82. The summed E-state index contributed by atoms with van der Waals surface area (Å²) in [5, 5.41) is 0. The molecule has 0 aromatic carbocycles. The molecule has 1 saturated carbocycles. The van der Waals surface area contributed by atoms with E-state index in [0.717, 1.165) is 11.8 Å². The second-order valence-electron chi connectivity index (χ2n) is 8.05. The van der Waals surface area contributed by atoms with Gasteiger partial charge in [0.15, 0.2) is 0 Å². The number of rotatable bonds is 0. The second-order valence-corrected chi connectivity index (χ2v) is 8.05. The molecule has 4 rings (SSSR count). The lowest BCUT2D eigenvalue weighted by atomic mass is 10.0. The minimum Gasteiger partial charge on any atom is -0.306 e. The summed E-state index contributed by atoms with van der Waals surface area (Å²) < 4.78 is 0. The molecule has 0 bridgehead atoms. The molecule has 0 spiro atoms. The van der Waals surface area contributed by atoms with Gasteiger partial charge in [0.1, 0.15) is 0 Å². The second kappa shape index (κ2) is 9.89. The van der Waals surface area contributed by atoms with Crippen molar-refractivity contribution in [3.63, 3.8) is 0 Å². The highest BCUT2D eigenvalue weighted by Crippen LogP contribution is 2.36. The summed E-state index contributed by atoms with van der Waals surface area (Å²) in [6, 6.07) is 0. The van der Waals surface area contributed by atoms with Gasteiger partial charge in [0.05, 0.1) is 0 Å². The SMILES string of the molecule is CN1CC2CCC[C@@H]2C1.CN1CCC1.CN1CCCCCC1. The van der Waals surface area contributed by atoms with Gasteiger partial charge in [0.2, 0.25) is 0 Å². The molecule has 3 nitrogen and oxygen atoms in total. The van der Waals surface area contributed by atoms with E-state index in [0.29, 0.717) is 0 Å². The van der Waals surface area contributed by atoms with Crippen LogP contribution in [-0.4, -0.2) is 75.1 Å². The molecule has 0 aromatic rings. The Morgan fingerprint density at radius 3 is 1.36 bits per heavy atom. The van der Waals surface area contributed by atoms with Crippen LogP contribution in [0.3, 0.4) is 0 Å². The van der Waals surface area contributed by atoms with E-state index in [4.69, 9.17) is 0 Å². The maximum Gasteiger partial charge on any atom is 0.000985 e. The van der Waals surface area contributed by atoms with Crippen LogP contribution in [-0.2, 0) is 0 Å². The van der Waals surface area contributed by atoms with Crippen LogP contribution < -0.4 is 0 Å². The maximum atomic E-state index is 2.48. The number of hydrogen-bond donors (Lipinski definition) is 0. The van der Waals surface area contributed by atoms with Crippen molar-refractivity contribution < 1.29 is 0 Å². The van der Waals surface area contributed by atoms with E-state index in [1.807, 2.05) is 0 Å². The van der Waals surface area contributed by atoms with Crippen LogP contribution in [0.15, 0.2) is 0 Å². The molecule has 1 unspecified atom stereocenters. The van der Waals surface area contributed by atoms with Crippen molar-refractivity contribution in [1.82, 2.24) is 14.7 Å². The zero-order chi connectivity index (χ0) is 15.8. The van der Waals surface area contributed by atoms with Crippen molar-refractivity contribution in [3.05, 3.63) is 0 Å². The molecule has 4 aliphatic rings. The molecule has 4 fully saturated rings. The molecule has 3 aliphatic heterocycles. The summed E-state index contributed by atoms with van der Waals surface area (Å²) in [7, 11) is 6.60. The zero-order valence-electron chi connectivity index (χ0n) is 15.4. The molecule has 0 N–H and O–H groups in total. The molecule has 3 heteroatoms. The Morgan fingerprint density at radius 2 is 0.955 bits per heavy atom. The third kappa shape index (κ3) is 6.55. The summed E-state index contributed by atoms with van der Waals surface area (Å²) in [6.45, 7) is 8.04. The number of hydrogen-bond acceptors (Lipinski definition) is 3. The van der Waals surface area contributed by atoms with Gasteiger partial charge >= 0.3 is 0 Å². The van der Waals surface area contributed by atoms with Crippen LogP contribution in [0.4, 0.5) is 0 Å². The monoisotopic (exact) mass is 309 g/mol. The van der Waals surface area contributed by atoms with E-state index in [-0.39, 0.29) is 0 Å². The summed E-state index contributed by atoms with van der Waals surface area (Å²) in [5.41, 5.74) is 0. The first kappa shape index (κ1) is 18.2. The molecule has 22 heavy (non-hydrogen) atoms. The number of nitrogens with zero attached hydrogens (tertiary/aromatic N) is 3. The number of likely N-dealkylation sites (tertiary alicyclic amines) is 3. The Morgan fingerprint density at radius 1 is 0.500 bits per heavy atom. The lowest BCUT2D eigenvalue weighted by Crippen LogP contribution is -2.32. The summed E-state index contributed by atoms with van der Waals surface area (Å²) >= 11 is 0. The Kier molecular flexibility index (Phi) is 8.19. The van der Waals surface area contributed by atoms with Gasteiger partial charge in [0.25, 0.3) is 0 Å². The quantitative estimate of drug-likeness (QED) is 0.680. The largest absolute Gasteiger partial charge is 0.306 e. The molecule has 0 amide bonds. The van der Waals surface area contributed by atoms with E-state index in [1.54, 1.807) is 0 Å². The average molecular weight is 310 g/mol. The molecule has 0 aromatic heterocycles. The van der Waals surface area contributed by atoms with E-state index >= 15 is 0 Å². The zero-order valence-corrected chi connectivity index (χ0v) is 15.4. The lowest BCUT2D eigenvalue weighted by molar-refractivity contribution is 0.229. The highest BCUT2D eigenvalue weighted by Gasteiger charge is 2.33. The van der Waals surface area contributed by atoms with Crippen molar-refractivity contribution >= 4 is 0 Å². The molecule has 1 aliphatic carbocycles. The molecule has 2 atom stereocenters. The van der Waals surface area contributed by atoms with Crippen molar-refractivity contribution in [2.24, 2.45) is 11.8 Å². The molecule has 3 heterocycles. The van der Waals surface area contributed by atoms with Gasteiger partial charge in [-0.3, -0.25) is 0 Å². The molecular formula is C19H39N3. The normalized spacial score (nSPS) is 32.9. The standard InChI is InChI=1S/C8H15N.C7H15N.C4H9N/c1-9-5-7-3-2-4-8(7)6-9;1-8-6-4-2-3-5-7-8;1-5-3-2-4-5/h7-8H,2-6H2,1H3;2-7H2,1H3;2-4H2,1H3/t7-,8?;;/m1../s1. The van der Waals surface area contributed by atoms with E-state index in [1.165, 1.54) is 90.6 Å². The van der Waals surface area contributed by atoms with Crippen LogP contribution in [0.1, 0.15) is 51.4 Å². The Hall–Kier alpha value is -0.120. The van der Waals surface area contributed by atoms with Gasteiger partial charge in [-0.1, -0.05) is 19.3 Å². The fourth-order valence-corrected chi connectivity index (χ4v) is 4.17. The van der Waals surface area contributed by atoms with Crippen LogP contribution >= 0.6 is 0 Å². The maximum absolute atomic E-state index is 2.48. The lowest BCUT2D eigenvalue weighted by Gasteiger charge is -2.24. The summed E-state index contributed by atoms with van der Waals surface area (Å²) in [5.74, 6) is 2.16. The predicted octanol–water partition coefficient (Wildman–Crippen LogP) is 3.16. The van der Waals surface area contributed by atoms with Crippen LogP contribution in [0, 0.1) is 11.8 Å². The van der Waals surface area contributed by atoms with Crippen molar-refractivity contribution in [1.29, 1.82) is 0 Å². The summed E-state index contributed by atoms with van der Waals surface area (Å²) in [4.78, 5) is 7.21. The Labute approximate surface area is 139 Å². The van der Waals surface area contributed by atoms with E-state index in [9.17, 15) is 0 Å². The summed E-state index contributed by atoms with van der Waals surface area (Å²) in [6.07, 6.45) is 11.7.